The fourth-order valence-electron chi connectivity index (χ4n) is 1.82. The zero-order valence-electron chi connectivity index (χ0n) is 12.0. The maximum absolute atomic E-state index is 12.3. The molecule has 0 saturated carbocycles. The molecule has 1 aromatic carbocycles. The fraction of sp³-hybridized carbons (Fsp3) is 0.250. The number of carbonyl (C=O) groups is 2. The smallest absolute Gasteiger partial charge is 0.253 e. The second-order valence-corrected chi connectivity index (χ2v) is 5.35. The molecule has 0 aromatic heterocycles. The van der Waals surface area contributed by atoms with Gasteiger partial charge in [0.25, 0.3) is 5.91 Å². The Morgan fingerprint density at radius 2 is 1.86 bits per heavy atom. The Balaban J connectivity index is 2.75. The first-order chi connectivity index (χ1) is 10.0. The lowest BCUT2D eigenvalue weighted by atomic mass is 10.2. The third-order valence-electron chi connectivity index (χ3n) is 2.85. The predicted octanol–water partition coefficient (Wildman–Crippen LogP) is 2.77. The second-order valence-electron chi connectivity index (χ2n) is 4.50. The van der Waals surface area contributed by atoms with Crippen molar-refractivity contribution in [3.05, 3.63) is 59.6 Å². The van der Waals surface area contributed by atoms with E-state index in [1.165, 1.54) is 0 Å². The number of halogens is 1. The van der Waals surface area contributed by atoms with Gasteiger partial charge in [0.05, 0.1) is 5.56 Å². The van der Waals surface area contributed by atoms with Crippen molar-refractivity contribution < 1.29 is 9.59 Å². The largest absolute Gasteiger partial charge is 0.340 e. The van der Waals surface area contributed by atoms with E-state index < -0.39 is 6.04 Å². The highest BCUT2D eigenvalue weighted by Gasteiger charge is 2.21. The molecule has 0 saturated heterocycles. The van der Waals surface area contributed by atoms with Gasteiger partial charge in [0, 0.05) is 17.6 Å². The Bertz CT molecular complexity index is 533. The number of nitrogens with zero attached hydrogens (tertiary/aromatic N) is 1. The van der Waals surface area contributed by atoms with Crippen LogP contribution in [0.15, 0.2) is 54.0 Å². The Hall–Kier alpha value is -1.88. The van der Waals surface area contributed by atoms with E-state index in [0.29, 0.717) is 23.1 Å². The molecule has 1 N–H and O–H groups in total. The molecule has 0 bridgehead atoms. The van der Waals surface area contributed by atoms with Gasteiger partial charge in [0.1, 0.15) is 6.04 Å². The lowest BCUT2D eigenvalue weighted by Gasteiger charge is -2.24. The molecule has 0 aliphatic rings. The molecule has 112 valence electrons. The van der Waals surface area contributed by atoms with Crippen molar-refractivity contribution >= 4 is 27.7 Å². The summed E-state index contributed by atoms with van der Waals surface area (Å²) in [5, 5.41) is 2.71. The number of carbonyl (C=O) groups excluding carboxylic acids is 2. The SMILES string of the molecule is C=CCN(CC=C)C(=O)C(C)NC(=O)c1ccccc1Br. The first-order valence-electron chi connectivity index (χ1n) is 6.57. The minimum absolute atomic E-state index is 0.171. The van der Waals surface area contributed by atoms with Crippen LogP contribution in [-0.4, -0.2) is 35.8 Å². The number of benzene rings is 1. The summed E-state index contributed by atoms with van der Waals surface area (Å²) < 4.78 is 0.691. The van der Waals surface area contributed by atoms with Crippen LogP contribution in [0.25, 0.3) is 0 Å². The summed E-state index contributed by atoms with van der Waals surface area (Å²) in [6.07, 6.45) is 3.29. The standard InChI is InChI=1S/C16H19BrN2O2/c1-4-10-19(11-5-2)16(21)12(3)18-15(20)13-8-6-7-9-14(13)17/h4-9,12H,1-2,10-11H2,3H3,(H,18,20). The number of amides is 2. The number of rotatable bonds is 7. The summed E-state index contributed by atoms with van der Waals surface area (Å²) in [4.78, 5) is 26.0. The average Bonchev–Trinajstić information content (AvgIpc) is 2.46. The van der Waals surface area contributed by atoms with Gasteiger partial charge in [-0.05, 0) is 35.0 Å². The third-order valence-corrected chi connectivity index (χ3v) is 3.54. The van der Waals surface area contributed by atoms with E-state index in [2.05, 4.69) is 34.4 Å². The monoisotopic (exact) mass is 350 g/mol. The van der Waals surface area contributed by atoms with Crippen LogP contribution in [0.3, 0.4) is 0 Å². The number of hydrogen-bond donors (Lipinski definition) is 1. The zero-order chi connectivity index (χ0) is 15.8. The van der Waals surface area contributed by atoms with Crippen LogP contribution in [-0.2, 0) is 4.79 Å². The number of nitrogens with one attached hydrogen (secondary N) is 1. The molecule has 1 aromatic rings. The summed E-state index contributed by atoms with van der Waals surface area (Å²) >= 11 is 3.32. The van der Waals surface area contributed by atoms with Crippen LogP contribution in [0.1, 0.15) is 17.3 Å². The van der Waals surface area contributed by atoms with Crippen LogP contribution >= 0.6 is 15.9 Å². The van der Waals surface area contributed by atoms with Crippen LogP contribution in [0, 0.1) is 0 Å². The van der Waals surface area contributed by atoms with Gasteiger partial charge in [0.2, 0.25) is 5.91 Å². The van der Waals surface area contributed by atoms with Crippen molar-refractivity contribution in [1.82, 2.24) is 10.2 Å². The van der Waals surface area contributed by atoms with E-state index in [1.807, 2.05) is 6.07 Å². The van der Waals surface area contributed by atoms with Crippen LogP contribution in [0.5, 0.6) is 0 Å². The molecule has 0 fully saturated rings. The second kappa shape index (κ2) is 8.42. The van der Waals surface area contributed by atoms with E-state index in [4.69, 9.17) is 0 Å². The molecule has 2 amide bonds. The number of hydrogen-bond acceptors (Lipinski definition) is 2. The van der Waals surface area contributed by atoms with E-state index in [9.17, 15) is 9.59 Å². The van der Waals surface area contributed by atoms with Crippen molar-refractivity contribution in [3.63, 3.8) is 0 Å². The highest BCUT2D eigenvalue weighted by molar-refractivity contribution is 9.10. The van der Waals surface area contributed by atoms with Crippen molar-refractivity contribution in [2.24, 2.45) is 0 Å². The van der Waals surface area contributed by atoms with Gasteiger partial charge in [-0.25, -0.2) is 0 Å². The predicted molar refractivity (Wildman–Crippen MR) is 88.0 cm³/mol. The molecule has 1 rings (SSSR count). The highest BCUT2D eigenvalue weighted by atomic mass is 79.9. The van der Waals surface area contributed by atoms with Crippen molar-refractivity contribution in [2.45, 2.75) is 13.0 Å². The molecular weight excluding hydrogens is 332 g/mol. The molecule has 4 nitrogen and oxygen atoms in total. The van der Waals surface area contributed by atoms with Gasteiger partial charge in [-0.2, -0.15) is 0 Å². The summed E-state index contributed by atoms with van der Waals surface area (Å²) in [5.41, 5.74) is 0.496. The van der Waals surface area contributed by atoms with E-state index >= 15 is 0 Å². The molecule has 1 unspecified atom stereocenters. The van der Waals surface area contributed by atoms with Gasteiger partial charge < -0.3 is 10.2 Å². The first kappa shape index (κ1) is 17.2. The van der Waals surface area contributed by atoms with Crippen molar-refractivity contribution in [3.8, 4) is 0 Å². The maximum Gasteiger partial charge on any atom is 0.253 e. The first-order valence-corrected chi connectivity index (χ1v) is 7.36. The molecule has 0 spiro atoms. The minimum atomic E-state index is -0.621. The van der Waals surface area contributed by atoms with E-state index in [-0.39, 0.29) is 11.8 Å². The molecule has 5 heteroatoms. The van der Waals surface area contributed by atoms with Crippen LogP contribution in [0.4, 0.5) is 0 Å². The molecule has 0 aliphatic carbocycles. The average molecular weight is 351 g/mol. The minimum Gasteiger partial charge on any atom is -0.340 e. The van der Waals surface area contributed by atoms with Gasteiger partial charge in [-0.15, -0.1) is 13.2 Å². The van der Waals surface area contributed by atoms with Gasteiger partial charge in [-0.3, -0.25) is 9.59 Å². The molecular formula is C16H19BrN2O2. The quantitative estimate of drug-likeness (QED) is 0.768. The molecule has 0 heterocycles. The van der Waals surface area contributed by atoms with E-state index in [0.717, 1.165) is 0 Å². The Morgan fingerprint density at radius 3 is 2.38 bits per heavy atom. The Kier molecular flexibility index (Phi) is 6.88. The Morgan fingerprint density at radius 1 is 1.29 bits per heavy atom. The van der Waals surface area contributed by atoms with Crippen molar-refractivity contribution in [1.29, 1.82) is 0 Å². The Labute approximate surface area is 133 Å². The highest BCUT2D eigenvalue weighted by Crippen LogP contribution is 2.15. The third kappa shape index (κ3) is 4.86. The molecule has 0 aliphatic heterocycles. The summed E-state index contributed by atoms with van der Waals surface area (Å²) in [6.45, 7) is 9.74. The lowest BCUT2D eigenvalue weighted by Crippen LogP contribution is -2.47. The molecule has 0 radical (unpaired) electrons. The lowest BCUT2D eigenvalue weighted by molar-refractivity contribution is -0.131. The summed E-state index contributed by atoms with van der Waals surface area (Å²) in [7, 11) is 0. The zero-order valence-corrected chi connectivity index (χ0v) is 13.6. The van der Waals surface area contributed by atoms with Gasteiger partial charge in [-0.1, -0.05) is 24.3 Å². The van der Waals surface area contributed by atoms with Crippen LogP contribution in [0.2, 0.25) is 0 Å². The topological polar surface area (TPSA) is 49.4 Å². The molecule has 1 atom stereocenters. The van der Waals surface area contributed by atoms with Crippen LogP contribution < -0.4 is 5.32 Å². The summed E-state index contributed by atoms with van der Waals surface area (Å²) in [5.74, 6) is -0.462. The van der Waals surface area contributed by atoms with Gasteiger partial charge >= 0.3 is 0 Å². The fourth-order valence-corrected chi connectivity index (χ4v) is 2.29. The van der Waals surface area contributed by atoms with Crippen molar-refractivity contribution in [2.75, 3.05) is 13.1 Å². The molecule has 21 heavy (non-hydrogen) atoms. The summed E-state index contributed by atoms with van der Waals surface area (Å²) in [6, 6.07) is 6.45. The maximum atomic E-state index is 12.3. The van der Waals surface area contributed by atoms with Gasteiger partial charge in [0.15, 0.2) is 0 Å². The van der Waals surface area contributed by atoms with E-state index in [1.54, 1.807) is 42.2 Å². The normalized spacial score (nSPS) is 11.3.